The van der Waals surface area contributed by atoms with Crippen molar-refractivity contribution in [2.75, 3.05) is 65.4 Å². The molecule has 2 N–H and O–H groups in total. The van der Waals surface area contributed by atoms with Crippen LogP contribution in [-0.2, 0) is 9.59 Å². The standard InChI is InChI=1S/C18H36N6O2.HI/c1-5-19-18(20-9-8-17(26)23(6-2)7-3)21-10-11-22-12-14-24(15-13-22)16(4)25;/h5-15H2,1-4H3,(H2,19,20,21);1H. The van der Waals surface area contributed by atoms with Gasteiger partial charge in [0.1, 0.15) is 0 Å². The Morgan fingerprint density at radius 1 is 1.04 bits per heavy atom. The molecule has 1 heterocycles. The summed E-state index contributed by atoms with van der Waals surface area (Å²) >= 11 is 0. The topological polar surface area (TPSA) is 80.3 Å². The number of hydrogen-bond acceptors (Lipinski definition) is 4. The van der Waals surface area contributed by atoms with E-state index in [0.717, 1.165) is 58.3 Å². The van der Waals surface area contributed by atoms with Gasteiger partial charge in [0.05, 0.1) is 6.54 Å². The largest absolute Gasteiger partial charge is 0.357 e. The van der Waals surface area contributed by atoms with Crippen molar-refractivity contribution < 1.29 is 9.59 Å². The molecule has 0 radical (unpaired) electrons. The molecule has 0 spiro atoms. The van der Waals surface area contributed by atoms with Gasteiger partial charge in [-0.15, -0.1) is 24.0 Å². The fourth-order valence-electron chi connectivity index (χ4n) is 2.95. The molecule has 1 aliphatic rings. The first-order chi connectivity index (χ1) is 12.5. The summed E-state index contributed by atoms with van der Waals surface area (Å²) in [5, 5.41) is 6.45. The van der Waals surface area contributed by atoms with Crippen LogP contribution in [0.5, 0.6) is 0 Å². The molecule has 9 heteroatoms. The number of amides is 2. The van der Waals surface area contributed by atoms with Crippen molar-refractivity contribution in [1.29, 1.82) is 0 Å². The van der Waals surface area contributed by atoms with Gasteiger partial charge < -0.3 is 20.4 Å². The van der Waals surface area contributed by atoms with Crippen LogP contribution in [0, 0.1) is 0 Å². The van der Waals surface area contributed by atoms with Crippen molar-refractivity contribution in [2.45, 2.75) is 34.1 Å². The van der Waals surface area contributed by atoms with Gasteiger partial charge in [-0.25, -0.2) is 0 Å². The molecule has 1 rings (SSSR count). The van der Waals surface area contributed by atoms with Gasteiger partial charge in [-0.2, -0.15) is 0 Å². The Hall–Kier alpha value is -1.10. The summed E-state index contributed by atoms with van der Waals surface area (Å²) in [6.45, 7) is 15.5. The van der Waals surface area contributed by atoms with E-state index in [1.165, 1.54) is 0 Å². The molecule has 1 fully saturated rings. The minimum Gasteiger partial charge on any atom is -0.357 e. The molecule has 0 bridgehead atoms. The number of rotatable bonds is 9. The minimum absolute atomic E-state index is 0. The molecule has 8 nitrogen and oxygen atoms in total. The zero-order valence-corrected chi connectivity index (χ0v) is 19.6. The Morgan fingerprint density at radius 2 is 1.67 bits per heavy atom. The van der Waals surface area contributed by atoms with Gasteiger partial charge in [0.15, 0.2) is 5.96 Å². The predicted molar refractivity (Wildman–Crippen MR) is 121 cm³/mol. The van der Waals surface area contributed by atoms with E-state index < -0.39 is 0 Å². The molecular weight excluding hydrogens is 459 g/mol. The number of piperazine rings is 1. The molecule has 0 aliphatic carbocycles. The number of hydrogen-bond donors (Lipinski definition) is 2. The number of carbonyl (C=O) groups excluding carboxylic acids is 2. The Kier molecular flexibility index (Phi) is 14.3. The van der Waals surface area contributed by atoms with Gasteiger partial charge in [0.25, 0.3) is 0 Å². The van der Waals surface area contributed by atoms with E-state index in [1.54, 1.807) is 6.92 Å². The smallest absolute Gasteiger partial charge is 0.224 e. The van der Waals surface area contributed by atoms with Crippen molar-refractivity contribution >= 4 is 41.8 Å². The molecule has 158 valence electrons. The van der Waals surface area contributed by atoms with E-state index in [1.807, 2.05) is 30.6 Å². The lowest BCUT2D eigenvalue weighted by Gasteiger charge is -2.33. The second-order valence-corrected chi connectivity index (χ2v) is 6.35. The Labute approximate surface area is 181 Å². The highest BCUT2D eigenvalue weighted by atomic mass is 127. The maximum absolute atomic E-state index is 12.0. The normalized spacial score (nSPS) is 15.1. The Bertz CT molecular complexity index is 463. The van der Waals surface area contributed by atoms with Crippen LogP contribution in [0.2, 0.25) is 0 Å². The molecule has 2 amide bonds. The Balaban J connectivity index is 0.00000676. The second-order valence-electron chi connectivity index (χ2n) is 6.35. The zero-order chi connectivity index (χ0) is 19.4. The average molecular weight is 496 g/mol. The molecule has 1 aliphatic heterocycles. The molecule has 0 aromatic heterocycles. The van der Waals surface area contributed by atoms with E-state index in [2.05, 4.69) is 20.5 Å². The quantitative estimate of drug-likeness (QED) is 0.278. The summed E-state index contributed by atoms with van der Waals surface area (Å²) in [6, 6.07) is 0. The van der Waals surface area contributed by atoms with Crippen LogP contribution in [0.1, 0.15) is 34.1 Å². The first-order valence-corrected chi connectivity index (χ1v) is 9.79. The van der Waals surface area contributed by atoms with Crippen molar-refractivity contribution in [2.24, 2.45) is 4.99 Å². The lowest BCUT2D eigenvalue weighted by molar-refractivity contribution is -0.131. The van der Waals surface area contributed by atoms with Gasteiger partial charge in [-0.05, 0) is 20.8 Å². The lowest BCUT2D eigenvalue weighted by Crippen LogP contribution is -2.48. The van der Waals surface area contributed by atoms with E-state index in [-0.39, 0.29) is 35.8 Å². The SMILES string of the molecule is CCNC(=NCCN1CCN(C(C)=O)CC1)NCCC(=O)N(CC)CC.I. The fraction of sp³-hybridized carbons (Fsp3) is 0.833. The molecule has 0 aromatic rings. The maximum atomic E-state index is 12.0. The third-order valence-corrected chi connectivity index (χ3v) is 4.60. The maximum Gasteiger partial charge on any atom is 0.224 e. The van der Waals surface area contributed by atoms with Gasteiger partial charge in [0, 0.05) is 72.2 Å². The van der Waals surface area contributed by atoms with Crippen LogP contribution in [-0.4, -0.2) is 97.9 Å². The lowest BCUT2D eigenvalue weighted by atomic mass is 10.3. The molecule has 0 atom stereocenters. The highest BCUT2D eigenvalue weighted by molar-refractivity contribution is 14.0. The van der Waals surface area contributed by atoms with E-state index in [9.17, 15) is 9.59 Å². The number of aliphatic imine (C=N–C) groups is 1. The summed E-state index contributed by atoms with van der Waals surface area (Å²) in [5.41, 5.74) is 0. The number of carbonyl (C=O) groups is 2. The average Bonchev–Trinajstić information content (AvgIpc) is 2.63. The summed E-state index contributed by atoms with van der Waals surface area (Å²) in [6.07, 6.45) is 0.471. The van der Waals surface area contributed by atoms with Crippen LogP contribution in [0.3, 0.4) is 0 Å². The first-order valence-electron chi connectivity index (χ1n) is 9.79. The number of nitrogens with zero attached hydrogens (tertiary/aromatic N) is 4. The monoisotopic (exact) mass is 496 g/mol. The van der Waals surface area contributed by atoms with Crippen LogP contribution in [0.25, 0.3) is 0 Å². The summed E-state index contributed by atoms with van der Waals surface area (Å²) < 4.78 is 0. The van der Waals surface area contributed by atoms with Crippen molar-refractivity contribution in [1.82, 2.24) is 25.3 Å². The van der Waals surface area contributed by atoms with Gasteiger partial charge in [0.2, 0.25) is 11.8 Å². The molecule has 27 heavy (non-hydrogen) atoms. The van der Waals surface area contributed by atoms with Crippen LogP contribution >= 0.6 is 24.0 Å². The molecule has 0 aromatic carbocycles. The van der Waals surface area contributed by atoms with Gasteiger partial charge in [-0.3, -0.25) is 19.5 Å². The van der Waals surface area contributed by atoms with Gasteiger partial charge in [-0.1, -0.05) is 0 Å². The van der Waals surface area contributed by atoms with Crippen LogP contribution < -0.4 is 10.6 Å². The third-order valence-electron chi connectivity index (χ3n) is 4.60. The van der Waals surface area contributed by atoms with E-state index >= 15 is 0 Å². The summed E-state index contributed by atoms with van der Waals surface area (Å²) in [7, 11) is 0. The predicted octanol–water partition coefficient (Wildman–Crippen LogP) is 0.582. The van der Waals surface area contributed by atoms with Crippen molar-refractivity contribution in [3.05, 3.63) is 0 Å². The van der Waals surface area contributed by atoms with Gasteiger partial charge >= 0.3 is 0 Å². The third kappa shape index (κ3) is 10.1. The van der Waals surface area contributed by atoms with Crippen molar-refractivity contribution in [3.63, 3.8) is 0 Å². The highest BCUT2D eigenvalue weighted by Gasteiger charge is 2.17. The number of nitrogens with one attached hydrogen (secondary N) is 2. The summed E-state index contributed by atoms with van der Waals surface area (Å²) in [4.78, 5) is 34.0. The highest BCUT2D eigenvalue weighted by Crippen LogP contribution is 2.01. The van der Waals surface area contributed by atoms with Crippen molar-refractivity contribution in [3.8, 4) is 0 Å². The molecule has 1 saturated heterocycles. The number of guanidine groups is 1. The Morgan fingerprint density at radius 3 is 2.19 bits per heavy atom. The van der Waals surface area contributed by atoms with Crippen LogP contribution in [0.15, 0.2) is 4.99 Å². The van der Waals surface area contributed by atoms with E-state index in [0.29, 0.717) is 19.5 Å². The number of halogens is 1. The minimum atomic E-state index is 0. The summed E-state index contributed by atoms with van der Waals surface area (Å²) in [5.74, 6) is 1.07. The first kappa shape index (κ1) is 25.9. The second kappa shape index (κ2) is 14.9. The molecule has 0 unspecified atom stereocenters. The zero-order valence-electron chi connectivity index (χ0n) is 17.3. The fourth-order valence-corrected chi connectivity index (χ4v) is 2.95. The van der Waals surface area contributed by atoms with E-state index in [4.69, 9.17) is 0 Å². The molecular formula is C18H37IN6O2. The van der Waals surface area contributed by atoms with Crippen LogP contribution in [0.4, 0.5) is 0 Å². The molecule has 0 saturated carbocycles.